The number of nitrogens with zero attached hydrogens (tertiary/aromatic N) is 3. The highest BCUT2D eigenvalue weighted by atomic mass is 16.1. The first kappa shape index (κ1) is 19.6. The van der Waals surface area contributed by atoms with Crippen molar-refractivity contribution >= 4 is 11.6 Å². The molecule has 6 heteroatoms. The van der Waals surface area contributed by atoms with E-state index in [2.05, 4.69) is 41.2 Å². The van der Waals surface area contributed by atoms with Gasteiger partial charge in [0.2, 0.25) is 0 Å². The maximum absolute atomic E-state index is 12.4. The van der Waals surface area contributed by atoms with E-state index in [1.165, 1.54) is 5.70 Å². The van der Waals surface area contributed by atoms with Gasteiger partial charge in [0.05, 0.1) is 19.7 Å². The van der Waals surface area contributed by atoms with E-state index in [0.29, 0.717) is 5.56 Å². The van der Waals surface area contributed by atoms with Crippen LogP contribution in [-0.2, 0) is 0 Å². The van der Waals surface area contributed by atoms with Crippen molar-refractivity contribution < 1.29 is 9.28 Å². The van der Waals surface area contributed by atoms with Crippen LogP contribution in [0.2, 0.25) is 0 Å². The maximum atomic E-state index is 12.4. The lowest BCUT2D eigenvalue weighted by molar-refractivity contribution is -0.853. The molecular weight excluding hydrogens is 350 g/mol. The number of aryl methyl sites for hydroxylation is 1. The zero-order valence-electron chi connectivity index (χ0n) is 16.8. The van der Waals surface area contributed by atoms with Gasteiger partial charge in [-0.2, -0.15) is 6.20 Å². The monoisotopic (exact) mass is 377 g/mol. The van der Waals surface area contributed by atoms with Gasteiger partial charge < -0.3 is 16.0 Å². The molecule has 1 amide bonds. The van der Waals surface area contributed by atoms with Crippen molar-refractivity contribution in [1.82, 2.24) is 10.3 Å². The standard InChI is InChI=1S/C22H27N5O/c1-16-10-19(13-23-12-16)22(28)26-20-7-5-6-18(11-20)17(2)24-8-9-25-21-14-27(3,4)15-21/h5-14,17,25H,15H2,1-4H3,(H,26,28). The summed E-state index contributed by atoms with van der Waals surface area (Å²) < 4.78 is 0.904. The van der Waals surface area contributed by atoms with Gasteiger partial charge in [-0.05, 0) is 36.9 Å². The number of amides is 1. The zero-order chi connectivity index (χ0) is 20.1. The van der Waals surface area contributed by atoms with E-state index in [0.717, 1.165) is 27.8 Å². The topological polar surface area (TPSA) is 68.1 Å². The molecular formula is C22H27N5O. The molecule has 6 nitrogen and oxygen atoms in total. The Hall–Kier alpha value is -3.12. The van der Waals surface area contributed by atoms with Crippen LogP contribution in [0.25, 0.3) is 5.32 Å². The van der Waals surface area contributed by atoms with E-state index in [1.807, 2.05) is 50.4 Å². The Morgan fingerprint density at radius 2 is 2.07 bits per heavy atom. The minimum Gasteiger partial charge on any atom is -0.683 e. The Bertz CT molecular complexity index is 917. The quantitative estimate of drug-likeness (QED) is 0.715. The SMILES string of the molecule is Cc1cncc(C(=O)Nc2cccc(C(C)[N-]C=CNC3=C[N+](C)(C)C3)c2)c1. The molecule has 28 heavy (non-hydrogen) atoms. The first-order chi connectivity index (χ1) is 13.3. The predicted molar refractivity (Wildman–Crippen MR) is 112 cm³/mol. The van der Waals surface area contributed by atoms with Gasteiger partial charge in [0.15, 0.2) is 0 Å². The molecule has 3 rings (SSSR count). The highest BCUT2D eigenvalue weighted by molar-refractivity contribution is 6.04. The van der Waals surface area contributed by atoms with Gasteiger partial charge in [-0.1, -0.05) is 30.7 Å². The molecule has 2 heterocycles. The van der Waals surface area contributed by atoms with E-state index < -0.39 is 0 Å². The number of hydrogen-bond acceptors (Lipinski definition) is 3. The summed E-state index contributed by atoms with van der Waals surface area (Å²) in [5.74, 6) is -0.169. The van der Waals surface area contributed by atoms with Gasteiger partial charge in [0.1, 0.15) is 18.4 Å². The van der Waals surface area contributed by atoms with E-state index in [1.54, 1.807) is 18.6 Å². The van der Waals surface area contributed by atoms with Gasteiger partial charge in [0, 0.05) is 18.1 Å². The Morgan fingerprint density at radius 1 is 1.29 bits per heavy atom. The number of carbonyl (C=O) groups is 1. The Balaban J connectivity index is 1.55. The van der Waals surface area contributed by atoms with Crippen molar-refractivity contribution in [2.75, 3.05) is 26.0 Å². The van der Waals surface area contributed by atoms with Crippen LogP contribution in [0, 0.1) is 6.92 Å². The summed E-state index contributed by atoms with van der Waals surface area (Å²) in [6.45, 7) is 4.94. The summed E-state index contributed by atoms with van der Waals surface area (Å²) in [6.07, 6.45) is 9.11. The molecule has 1 aromatic heterocycles. The van der Waals surface area contributed by atoms with Crippen LogP contribution in [-0.4, -0.2) is 36.0 Å². The number of anilines is 1. The number of nitrogens with one attached hydrogen (secondary N) is 2. The molecule has 1 aromatic carbocycles. The van der Waals surface area contributed by atoms with Gasteiger partial charge in [0.25, 0.3) is 5.91 Å². The molecule has 0 saturated heterocycles. The number of benzene rings is 1. The molecule has 0 saturated carbocycles. The Kier molecular flexibility index (Phi) is 5.80. The third-order valence-electron chi connectivity index (χ3n) is 4.50. The normalized spacial score (nSPS) is 16.1. The number of pyridine rings is 1. The largest absolute Gasteiger partial charge is 0.683 e. The molecule has 0 bridgehead atoms. The number of carbonyl (C=O) groups excluding carboxylic acids is 1. The molecule has 2 N–H and O–H groups in total. The van der Waals surface area contributed by atoms with Crippen molar-refractivity contribution in [3.8, 4) is 0 Å². The third kappa shape index (κ3) is 5.20. The molecule has 0 radical (unpaired) electrons. The fourth-order valence-electron chi connectivity index (χ4n) is 3.08. The lowest BCUT2D eigenvalue weighted by Crippen LogP contribution is -2.46. The number of hydrogen-bond donors (Lipinski definition) is 2. The summed E-state index contributed by atoms with van der Waals surface area (Å²) in [4.78, 5) is 16.5. The summed E-state index contributed by atoms with van der Waals surface area (Å²) in [7, 11) is 4.31. The number of quaternary nitrogens is 1. The smallest absolute Gasteiger partial charge is 0.257 e. The van der Waals surface area contributed by atoms with Crippen LogP contribution in [0.3, 0.4) is 0 Å². The van der Waals surface area contributed by atoms with Crippen molar-refractivity contribution in [3.05, 3.63) is 89.0 Å². The molecule has 2 aromatic rings. The molecule has 0 spiro atoms. The highest BCUT2D eigenvalue weighted by Gasteiger charge is 2.25. The summed E-state index contributed by atoms with van der Waals surface area (Å²) in [5.41, 5.74) is 4.48. The fraction of sp³-hybridized carbons (Fsp3) is 0.273. The van der Waals surface area contributed by atoms with Crippen LogP contribution in [0.1, 0.15) is 34.5 Å². The van der Waals surface area contributed by atoms with E-state index in [4.69, 9.17) is 0 Å². The lowest BCUT2D eigenvalue weighted by atomic mass is 10.1. The maximum Gasteiger partial charge on any atom is 0.257 e. The molecule has 1 aliphatic heterocycles. The average Bonchev–Trinajstić information content (AvgIpc) is 2.63. The molecule has 0 fully saturated rings. The van der Waals surface area contributed by atoms with E-state index in [-0.39, 0.29) is 11.9 Å². The molecule has 0 aliphatic carbocycles. The van der Waals surface area contributed by atoms with E-state index >= 15 is 0 Å². The zero-order valence-corrected chi connectivity index (χ0v) is 16.8. The summed E-state index contributed by atoms with van der Waals surface area (Å²) >= 11 is 0. The highest BCUT2D eigenvalue weighted by Crippen LogP contribution is 2.24. The average molecular weight is 377 g/mol. The second kappa shape index (κ2) is 8.27. The van der Waals surface area contributed by atoms with Crippen molar-refractivity contribution in [2.24, 2.45) is 0 Å². The molecule has 146 valence electrons. The third-order valence-corrected chi connectivity index (χ3v) is 4.50. The molecule has 1 unspecified atom stereocenters. The Labute approximate surface area is 166 Å². The minimum absolute atomic E-state index is 0.0156. The second-order valence-corrected chi connectivity index (χ2v) is 7.71. The van der Waals surface area contributed by atoms with Crippen molar-refractivity contribution in [1.29, 1.82) is 0 Å². The van der Waals surface area contributed by atoms with E-state index in [9.17, 15) is 4.79 Å². The first-order valence-corrected chi connectivity index (χ1v) is 9.31. The number of aromatic nitrogens is 1. The molecule has 1 atom stereocenters. The van der Waals surface area contributed by atoms with Gasteiger partial charge in [-0.3, -0.25) is 14.3 Å². The van der Waals surface area contributed by atoms with Crippen molar-refractivity contribution in [3.63, 3.8) is 0 Å². The van der Waals surface area contributed by atoms with Crippen LogP contribution in [0.4, 0.5) is 5.69 Å². The van der Waals surface area contributed by atoms with Gasteiger partial charge >= 0.3 is 0 Å². The summed E-state index contributed by atoms with van der Waals surface area (Å²) in [6, 6.07) is 9.56. The lowest BCUT2D eigenvalue weighted by Gasteiger charge is -2.34. The predicted octanol–water partition coefficient (Wildman–Crippen LogP) is 4.07. The number of rotatable bonds is 7. The minimum atomic E-state index is -0.169. The molecule has 1 aliphatic rings. The van der Waals surface area contributed by atoms with Crippen LogP contribution >= 0.6 is 0 Å². The Morgan fingerprint density at radius 3 is 2.79 bits per heavy atom. The van der Waals surface area contributed by atoms with Gasteiger partial charge in [-0.25, -0.2) is 0 Å². The fourth-order valence-corrected chi connectivity index (χ4v) is 3.08. The second-order valence-electron chi connectivity index (χ2n) is 7.71. The van der Waals surface area contributed by atoms with Crippen molar-refractivity contribution in [2.45, 2.75) is 19.9 Å². The number of likely N-dealkylation sites (N-methyl/N-ethyl adjacent to an activating group) is 1. The van der Waals surface area contributed by atoms with Gasteiger partial charge in [-0.15, -0.1) is 0 Å². The van der Waals surface area contributed by atoms with Crippen LogP contribution < -0.4 is 10.6 Å². The first-order valence-electron chi connectivity index (χ1n) is 9.31. The summed E-state index contributed by atoms with van der Waals surface area (Å²) in [5, 5.41) is 10.7. The van der Waals surface area contributed by atoms with Crippen LogP contribution in [0.5, 0.6) is 0 Å². The van der Waals surface area contributed by atoms with Crippen LogP contribution in [0.15, 0.2) is 67.0 Å².